The van der Waals surface area contributed by atoms with Crippen molar-refractivity contribution >= 4 is 68.6 Å². The molecule has 0 spiro atoms. The minimum atomic E-state index is -0.0105. The third kappa shape index (κ3) is 5.80. The summed E-state index contributed by atoms with van der Waals surface area (Å²) in [6, 6.07) is 20.9. The van der Waals surface area contributed by atoms with E-state index in [1.165, 1.54) is 0 Å². The molecule has 27 heavy (non-hydrogen) atoms. The van der Waals surface area contributed by atoms with E-state index in [2.05, 4.69) is 45.2 Å². The molecule has 0 N–H and O–H groups in total. The lowest BCUT2D eigenvalue weighted by molar-refractivity contribution is 0.104. The highest BCUT2D eigenvalue weighted by molar-refractivity contribution is 14.1. The predicted octanol–water partition coefficient (Wildman–Crippen LogP) is 7.02. The summed E-state index contributed by atoms with van der Waals surface area (Å²) in [5.41, 5.74) is 2.71. The predicted molar refractivity (Wildman–Crippen MR) is 127 cm³/mol. The molecule has 0 aromatic heterocycles. The number of carbonyl (C=O) groups excluding carboxylic acids is 1. The van der Waals surface area contributed by atoms with Crippen LogP contribution in [0.4, 0.5) is 0 Å². The van der Waals surface area contributed by atoms with Crippen LogP contribution in [0.1, 0.15) is 21.5 Å². The maximum atomic E-state index is 12.2. The number of hydrogen-bond acceptors (Lipinski definition) is 2. The minimum Gasteiger partial charge on any atom is -0.487 e. The van der Waals surface area contributed by atoms with Crippen LogP contribution >= 0.6 is 56.8 Å². The fraction of sp³-hybridized carbons (Fsp3) is 0.0455. The average Bonchev–Trinajstić information content (AvgIpc) is 2.67. The Kier molecular flexibility index (Phi) is 7.32. The second-order valence-corrected chi connectivity index (χ2v) is 8.55. The molecule has 3 aromatic rings. The summed E-state index contributed by atoms with van der Waals surface area (Å²) >= 11 is 10.4. The Morgan fingerprint density at radius 1 is 0.963 bits per heavy atom. The van der Waals surface area contributed by atoms with Crippen LogP contribution in [0.15, 0.2) is 72.8 Å². The van der Waals surface area contributed by atoms with Crippen LogP contribution in [0, 0.1) is 7.14 Å². The van der Waals surface area contributed by atoms with Crippen LogP contribution in [-0.2, 0) is 6.61 Å². The van der Waals surface area contributed by atoms with E-state index in [1.807, 2.05) is 72.8 Å². The van der Waals surface area contributed by atoms with Gasteiger partial charge >= 0.3 is 0 Å². The Bertz CT molecular complexity index is 944. The highest BCUT2D eigenvalue weighted by Gasteiger charge is 2.09. The number of ketones is 1. The van der Waals surface area contributed by atoms with Crippen molar-refractivity contribution in [2.24, 2.45) is 0 Å². The van der Waals surface area contributed by atoms with Crippen molar-refractivity contribution in [2.45, 2.75) is 6.61 Å². The molecule has 0 unspecified atom stereocenters. The second-order valence-electron chi connectivity index (χ2n) is 5.79. The van der Waals surface area contributed by atoms with Crippen LogP contribution in [-0.4, -0.2) is 5.78 Å². The maximum absolute atomic E-state index is 12.2. The molecule has 0 bridgehead atoms. The van der Waals surface area contributed by atoms with Crippen molar-refractivity contribution in [3.63, 3.8) is 0 Å². The minimum absolute atomic E-state index is 0.0105. The molecule has 0 aliphatic carbocycles. The molecule has 2 nitrogen and oxygen atoms in total. The van der Waals surface area contributed by atoms with Gasteiger partial charge in [-0.15, -0.1) is 0 Å². The van der Waals surface area contributed by atoms with E-state index in [-0.39, 0.29) is 5.78 Å². The van der Waals surface area contributed by atoms with E-state index in [1.54, 1.807) is 6.08 Å². The van der Waals surface area contributed by atoms with Gasteiger partial charge in [0.15, 0.2) is 5.78 Å². The first-order valence-corrected chi connectivity index (χ1v) is 10.7. The molecule has 0 atom stereocenters. The van der Waals surface area contributed by atoms with Gasteiger partial charge in [-0.25, -0.2) is 0 Å². The Morgan fingerprint density at radius 3 is 2.22 bits per heavy atom. The van der Waals surface area contributed by atoms with E-state index >= 15 is 0 Å². The third-order valence-corrected chi connectivity index (χ3v) is 5.66. The largest absolute Gasteiger partial charge is 0.487 e. The lowest BCUT2D eigenvalue weighted by Gasteiger charge is -2.11. The summed E-state index contributed by atoms with van der Waals surface area (Å²) in [5, 5.41) is 0.712. The van der Waals surface area contributed by atoms with E-state index in [0.717, 1.165) is 24.0 Å². The molecule has 5 heteroatoms. The van der Waals surface area contributed by atoms with Crippen molar-refractivity contribution < 1.29 is 9.53 Å². The zero-order chi connectivity index (χ0) is 19.2. The molecule has 0 aliphatic heterocycles. The fourth-order valence-corrected chi connectivity index (χ4v) is 4.67. The third-order valence-electron chi connectivity index (χ3n) is 3.80. The van der Waals surface area contributed by atoms with Crippen molar-refractivity contribution in [3.8, 4) is 5.75 Å². The van der Waals surface area contributed by atoms with Gasteiger partial charge in [0, 0.05) is 10.6 Å². The smallest absolute Gasteiger partial charge is 0.185 e. The number of benzene rings is 3. The molecular formula is C22H15ClI2O2. The monoisotopic (exact) mass is 600 g/mol. The molecule has 0 heterocycles. The summed E-state index contributed by atoms with van der Waals surface area (Å²) in [5.74, 6) is 0.835. The fourth-order valence-electron chi connectivity index (χ4n) is 2.42. The van der Waals surface area contributed by atoms with Gasteiger partial charge in [-0.1, -0.05) is 60.1 Å². The zero-order valence-electron chi connectivity index (χ0n) is 14.2. The molecule has 136 valence electrons. The Morgan fingerprint density at radius 2 is 1.59 bits per heavy atom. The lowest BCUT2D eigenvalue weighted by Crippen LogP contribution is -1.99. The quantitative estimate of drug-likeness (QED) is 0.173. The van der Waals surface area contributed by atoms with Crippen LogP contribution in [0.25, 0.3) is 6.08 Å². The summed E-state index contributed by atoms with van der Waals surface area (Å²) in [6.45, 7) is 0.477. The Balaban J connectivity index is 1.71. The highest BCUT2D eigenvalue weighted by atomic mass is 127. The van der Waals surface area contributed by atoms with Gasteiger partial charge in [0.2, 0.25) is 0 Å². The van der Waals surface area contributed by atoms with E-state index in [9.17, 15) is 4.79 Å². The van der Waals surface area contributed by atoms with Gasteiger partial charge in [0.05, 0.1) is 7.14 Å². The van der Waals surface area contributed by atoms with Gasteiger partial charge in [-0.05, 0) is 86.7 Å². The molecule has 0 amide bonds. The summed E-state index contributed by atoms with van der Waals surface area (Å²) in [6.07, 6.45) is 3.44. The van der Waals surface area contributed by atoms with Gasteiger partial charge in [-0.2, -0.15) is 0 Å². The number of carbonyl (C=O) groups is 1. The van der Waals surface area contributed by atoms with Gasteiger partial charge in [0.25, 0.3) is 0 Å². The summed E-state index contributed by atoms with van der Waals surface area (Å²) < 4.78 is 7.99. The molecule has 0 fully saturated rings. The topological polar surface area (TPSA) is 26.3 Å². The Labute approximate surface area is 190 Å². The standard InChI is InChI=1S/C22H15ClI2O2/c23-18-9-6-15(7-10-18)14-27-22-19(24)12-16(13-20(22)25)8-11-21(26)17-4-2-1-3-5-17/h1-13H,14H2/b11-8+. The first-order chi connectivity index (χ1) is 13.0. The summed E-state index contributed by atoms with van der Waals surface area (Å²) in [7, 11) is 0. The molecule has 0 radical (unpaired) electrons. The molecule has 0 saturated carbocycles. The normalized spacial score (nSPS) is 10.9. The molecule has 3 aromatic carbocycles. The van der Waals surface area contributed by atoms with E-state index in [0.29, 0.717) is 17.2 Å². The van der Waals surface area contributed by atoms with Crippen molar-refractivity contribution in [2.75, 3.05) is 0 Å². The van der Waals surface area contributed by atoms with Crippen LogP contribution in [0.2, 0.25) is 5.02 Å². The first-order valence-electron chi connectivity index (χ1n) is 8.16. The van der Waals surface area contributed by atoms with Gasteiger partial charge in [0.1, 0.15) is 12.4 Å². The van der Waals surface area contributed by atoms with E-state index < -0.39 is 0 Å². The van der Waals surface area contributed by atoms with Crippen molar-refractivity contribution in [3.05, 3.63) is 102 Å². The number of ether oxygens (including phenoxy) is 1. The average molecular weight is 601 g/mol. The van der Waals surface area contributed by atoms with Gasteiger partial charge in [-0.3, -0.25) is 4.79 Å². The SMILES string of the molecule is O=C(/C=C/c1cc(I)c(OCc2ccc(Cl)cc2)c(I)c1)c1ccccc1. The Hall–Kier alpha value is -1.38. The van der Waals surface area contributed by atoms with Crippen LogP contribution < -0.4 is 4.74 Å². The molecule has 0 saturated heterocycles. The number of hydrogen-bond donors (Lipinski definition) is 0. The number of allylic oxidation sites excluding steroid dienone is 1. The maximum Gasteiger partial charge on any atom is 0.185 e. The second kappa shape index (κ2) is 9.71. The van der Waals surface area contributed by atoms with E-state index in [4.69, 9.17) is 16.3 Å². The van der Waals surface area contributed by atoms with Crippen LogP contribution in [0.3, 0.4) is 0 Å². The highest BCUT2D eigenvalue weighted by Crippen LogP contribution is 2.30. The molecular weight excluding hydrogens is 586 g/mol. The lowest BCUT2D eigenvalue weighted by atomic mass is 10.1. The van der Waals surface area contributed by atoms with Crippen LogP contribution in [0.5, 0.6) is 5.75 Å². The van der Waals surface area contributed by atoms with Crippen molar-refractivity contribution in [1.82, 2.24) is 0 Å². The molecule has 0 aliphatic rings. The number of halogens is 3. The number of rotatable bonds is 6. The zero-order valence-corrected chi connectivity index (χ0v) is 19.2. The first kappa shape index (κ1) is 20.4. The van der Waals surface area contributed by atoms with Crippen molar-refractivity contribution in [1.29, 1.82) is 0 Å². The summed E-state index contributed by atoms with van der Waals surface area (Å²) in [4.78, 5) is 12.2. The molecule has 3 rings (SSSR count). The van der Waals surface area contributed by atoms with Gasteiger partial charge < -0.3 is 4.74 Å².